The Kier molecular flexibility index (Phi) is 11.6. The van der Waals surface area contributed by atoms with Gasteiger partial charge in [0.05, 0.1) is 24.2 Å². The summed E-state index contributed by atoms with van der Waals surface area (Å²) in [6, 6.07) is 11.4. The second kappa shape index (κ2) is 16.1. The van der Waals surface area contributed by atoms with Crippen molar-refractivity contribution in [2.45, 2.75) is 37.3 Å². The van der Waals surface area contributed by atoms with Crippen molar-refractivity contribution in [2.75, 3.05) is 12.4 Å². The van der Waals surface area contributed by atoms with Crippen LogP contribution in [0.5, 0.6) is 5.75 Å². The Morgan fingerprint density at radius 2 is 1.57 bits per heavy atom. The molecule has 2 saturated carbocycles. The number of benzene rings is 4. The summed E-state index contributed by atoms with van der Waals surface area (Å²) in [7, 11) is 1.20. The lowest BCUT2D eigenvalue weighted by Crippen LogP contribution is -2.48. The molecule has 58 heavy (non-hydrogen) atoms. The molecule has 4 N–H and O–H groups in total. The van der Waals surface area contributed by atoms with Crippen LogP contribution in [-0.4, -0.2) is 48.1 Å². The van der Waals surface area contributed by atoms with Crippen molar-refractivity contribution in [3.63, 3.8) is 0 Å². The van der Waals surface area contributed by atoms with Gasteiger partial charge in [0.15, 0.2) is 6.04 Å². The van der Waals surface area contributed by atoms with Gasteiger partial charge in [-0.3, -0.25) is 14.4 Å². The van der Waals surface area contributed by atoms with Crippen LogP contribution in [0.3, 0.4) is 0 Å². The van der Waals surface area contributed by atoms with Crippen LogP contribution in [0, 0.1) is 29.4 Å². The van der Waals surface area contributed by atoms with Gasteiger partial charge in [-0.05, 0) is 90.6 Å². The highest BCUT2D eigenvalue weighted by Gasteiger charge is 2.56. The van der Waals surface area contributed by atoms with E-state index >= 15 is 4.39 Å². The fraction of sp³-hybridized carbons (Fsp3) is 0.250. The molecule has 0 heterocycles. The minimum atomic E-state index is -5.13. The van der Waals surface area contributed by atoms with Crippen LogP contribution in [0.1, 0.15) is 50.7 Å². The lowest BCUT2D eigenvalue weighted by atomic mass is 9.83. The molecule has 3 unspecified atom stereocenters. The fourth-order valence-electron chi connectivity index (χ4n) is 7.58. The first-order chi connectivity index (χ1) is 27.2. The van der Waals surface area contributed by atoms with Gasteiger partial charge in [0.2, 0.25) is 5.91 Å². The number of carbonyl (C=O) groups is 4. The molecule has 9 nitrogen and oxygen atoms in total. The summed E-state index contributed by atoms with van der Waals surface area (Å²) < 4.78 is 116. The van der Waals surface area contributed by atoms with E-state index in [0.717, 1.165) is 24.3 Å². The summed E-state index contributed by atoms with van der Waals surface area (Å²) in [6.45, 7) is 0. The predicted octanol–water partition coefficient (Wildman–Crippen LogP) is 8.75. The molecule has 0 radical (unpaired) electrons. The van der Waals surface area contributed by atoms with Gasteiger partial charge >= 0.3 is 18.3 Å². The predicted molar refractivity (Wildman–Crippen MR) is 193 cm³/mol. The molecule has 3 amide bonds. The fourth-order valence-corrected chi connectivity index (χ4v) is 7.77. The lowest BCUT2D eigenvalue weighted by molar-refractivity contribution is -0.140. The molecule has 2 aliphatic carbocycles. The third-order valence-corrected chi connectivity index (χ3v) is 10.3. The number of amides is 3. The normalized spacial score (nSPS) is 20.1. The van der Waals surface area contributed by atoms with E-state index in [4.69, 9.17) is 16.3 Å². The number of carbonyl (C=O) groups excluding carboxylic acids is 3. The zero-order valence-corrected chi connectivity index (χ0v) is 30.5. The van der Waals surface area contributed by atoms with Gasteiger partial charge in [-0.15, -0.1) is 0 Å². The average Bonchev–Trinajstić information content (AvgIpc) is 3.66. The summed E-state index contributed by atoms with van der Waals surface area (Å²) in [5.41, 5.74) is -2.86. The standard InChI is InChI=1S/C40H30ClF8N3O6/c1-58-31-12-6-18(25-15-19(5-10-29(25)42)33(38(56)57)51-35(53)20-3-2-4-21(41)13-20)14-26(31)36(54)52-34-24-9-8-23(27(24)17-39(44,45)46)32(34)37(55)50-22-7-11-30(43)28(16-22)40(47,48)49/h2-7,10-17,23-24,32-34H,8-9H2,1H3,(H,50,55)(H,51,53)(H,52,54)(H,56,57)/b27-17-/t23?,24?,32-,33?,34+/m0/s1. The number of methoxy groups -OCH3 is 1. The van der Waals surface area contributed by atoms with Crippen LogP contribution in [0.25, 0.3) is 11.1 Å². The Balaban J connectivity index is 1.32. The monoisotopic (exact) mass is 835 g/mol. The molecule has 2 aliphatic rings. The smallest absolute Gasteiger partial charge is 0.419 e. The number of nitrogens with one attached hydrogen (secondary N) is 3. The van der Waals surface area contributed by atoms with E-state index in [1.807, 2.05) is 0 Å². The Morgan fingerprint density at radius 3 is 2.22 bits per heavy atom. The highest BCUT2D eigenvalue weighted by atomic mass is 35.5. The van der Waals surface area contributed by atoms with E-state index in [2.05, 4.69) is 16.0 Å². The van der Waals surface area contributed by atoms with E-state index < -0.39 is 88.8 Å². The first-order valence-corrected chi connectivity index (χ1v) is 17.7. The van der Waals surface area contributed by atoms with Crippen molar-refractivity contribution in [2.24, 2.45) is 17.8 Å². The summed E-state index contributed by atoms with van der Waals surface area (Å²) in [5.74, 6) is -10.4. The van der Waals surface area contributed by atoms with Crippen LogP contribution >= 0.6 is 11.6 Å². The Hall–Kier alpha value is -5.97. The SMILES string of the molecule is COc1ccc(-c2cc(C(NC(=O)c3cccc(Cl)c3)C(=O)O)ccc2F)cc1C(=O)N[C@@H]1C2CCC(/C2=C/C(F)(F)F)[C@@H]1C(=O)Nc1ccc(F)c(C(F)(F)F)c1. The maximum Gasteiger partial charge on any atom is 0.419 e. The average molecular weight is 836 g/mol. The van der Waals surface area contributed by atoms with Crippen molar-refractivity contribution in [3.8, 4) is 16.9 Å². The van der Waals surface area contributed by atoms with Gasteiger partial charge in [-0.25, -0.2) is 13.6 Å². The topological polar surface area (TPSA) is 134 Å². The molecule has 2 fully saturated rings. The van der Waals surface area contributed by atoms with E-state index in [1.165, 1.54) is 49.6 Å². The number of hydrogen-bond donors (Lipinski definition) is 4. The molecule has 18 heteroatoms. The number of aliphatic carboxylic acids is 1. The molecule has 4 aromatic rings. The Labute approximate surface area is 329 Å². The molecule has 0 aliphatic heterocycles. The molecule has 2 bridgehead atoms. The number of fused-ring (bicyclic) bond motifs is 2. The van der Waals surface area contributed by atoms with Gasteiger partial charge in [0.25, 0.3) is 11.8 Å². The zero-order valence-electron chi connectivity index (χ0n) is 29.8. The highest BCUT2D eigenvalue weighted by Crippen LogP contribution is 2.54. The molecular weight excluding hydrogens is 806 g/mol. The number of allylic oxidation sites excluding steroid dienone is 1. The van der Waals surface area contributed by atoms with Gasteiger partial charge in [-0.1, -0.05) is 35.4 Å². The third-order valence-electron chi connectivity index (χ3n) is 10.1. The van der Waals surface area contributed by atoms with Gasteiger partial charge in [0.1, 0.15) is 17.4 Å². The minimum Gasteiger partial charge on any atom is -0.496 e. The molecule has 6 rings (SSSR count). The molecule has 0 aromatic heterocycles. The maximum atomic E-state index is 15.4. The van der Waals surface area contributed by atoms with Crippen LogP contribution in [-0.2, 0) is 15.8 Å². The van der Waals surface area contributed by atoms with Gasteiger partial charge < -0.3 is 25.8 Å². The van der Waals surface area contributed by atoms with E-state index in [-0.39, 0.29) is 63.1 Å². The van der Waals surface area contributed by atoms with E-state index in [9.17, 15) is 55.0 Å². The number of alkyl halides is 6. The van der Waals surface area contributed by atoms with Crippen molar-refractivity contribution >= 4 is 41.0 Å². The first kappa shape index (κ1) is 41.7. The van der Waals surface area contributed by atoms with E-state index in [1.54, 1.807) is 0 Å². The van der Waals surface area contributed by atoms with Crippen molar-refractivity contribution in [1.29, 1.82) is 0 Å². The second-order valence-corrected chi connectivity index (χ2v) is 14.0. The number of hydrogen-bond acceptors (Lipinski definition) is 5. The summed E-state index contributed by atoms with van der Waals surface area (Å²) in [5, 5.41) is 17.4. The van der Waals surface area contributed by atoms with Crippen LogP contribution in [0.2, 0.25) is 5.02 Å². The van der Waals surface area contributed by atoms with Gasteiger partial charge in [-0.2, -0.15) is 26.3 Å². The number of ether oxygens (including phenoxy) is 1. The number of rotatable bonds is 10. The van der Waals surface area contributed by atoms with Crippen LogP contribution in [0.15, 0.2) is 90.5 Å². The summed E-state index contributed by atoms with van der Waals surface area (Å²) in [4.78, 5) is 52.9. The maximum absolute atomic E-state index is 15.4. The lowest BCUT2D eigenvalue weighted by Gasteiger charge is -2.30. The molecule has 0 spiro atoms. The summed E-state index contributed by atoms with van der Waals surface area (Å²) >= 11 is 5.95. The molecular formula is C40H30ClF8N3O6. The van der Waals surface area contributed by atoms with Crippen molar-refractivity contribution in [1.82, 2.24) is 10.6 Å². The molecule has 0 saturated heterocycles. The van der Waals surface area contributed by atoms with Crippen LogP contribution < -0.4 is 20.7 Å². The Morgan fingerprint density at radius 1 is 0.862 bits per heavy atom. The molecule has 4 aromatic carbocycles. The van der Waals surface area contributed by atoms with Crippen molar-refractivity contribution < 1.29 is 64.1 Å². The quantitative estimate of drug-likeness (QED) is 0.0933. The van der Waals surface area contributed by atoms with Crippen LogP contribution in [0.4, 0.5) is 40.8 Å². The highest BCUT2D eigenvalue weighted by molar-refractivity contribution is 6.31. The second-order valence-electron chi connectivity index (χ2n) is 13.6. The summed E-state index contributed by atoms with van der Waals surface area (Å²) in [6.07, 6.45) is -9.70. The Bertz CT molecular complexity index is 2330. The largest absolute Gasteiger partial charge is 0.496 e. The van der Waals surface area contributed by atoms with Crippen molar-refractivity contribution in [3.05, 3.63) is 129 Å². The minimum absolute atomic E-state index is 0.00674. The number of anilines is 1. The zero-order chi connectivity index (χ0) is 42.3. The number of carboxylic acids is 1. The number of halogens is 9. The van der Waals surface area contributed by atoms with E-state index in [0.29, 0.717) is 12.1 Å². The van der Waals surface area contributed by atoms with Gasteiger partial charge in [0, 0.05) is 39.9 Å². The molecule has 304 valence electrons. The number of carboxylic acid groups (broad SMARTS) is 1. The third kappa shape index (κ3) is 8.78. The first-order valence-electron chi connectivity index (χ1n) is 17.3. The molecule has 5 atom stereocenters.